The molecular weight excluding hydrogens is 268 g/mol. The first-order chi connectivity index (χ1) is 9.67. The van der Waals surface area contributed by atoms with E-state index in [9.17, 15) is 19.2 Å². The molecule has 0 spiro atoms. The van der Waals surface area contributed by atoms with Crippen molar-refractivity contribution >= 4 is 23.1 Å². The van der Waals surface area contributed by atoms with Crippen LogP contribution in [0.2, 0.25) is 0 Å². The van der Waals surface area contributed by atoms with Crippen molar-refractivity contribution in [2.24, 2.45) is 5.41 Å². The molecule has 4 heteroatoms. The van der Waals surface area contributed by atoms with E-state index in [1.807, 2.05) is 0 Å². The third-order valence-corrected chi connectivity index (χ3v) is 4.03. The van der Waals surface area contributed by atoms with E-state index in [4.69, 9.17) is 0 Å². The van der Waals surface area contributed by atoms with Crippen LogP contribution in [0, 0.1) is 5.41 Å². The maximum atomic E-state index is 11.3. The highest BCUT2D eigenvalue weighted by molar-refractivity contribution is 5.77. The van der Waals surface area contributed by atoms with E-state index in [1.165, 1.54) is 0 Å². The van der Waals surface area contributed by atoms with E-state index in [1.54, 1.807) is 27.7 Å². The van der Waals surface area contributed by atoms with E-state index in [2.05, 4.69) is 0 Å². The van der Waals surface area contributed by atoms with Gasteiger partial charge < -0.3 is 19.2 Å². The summed E-state index contributed by atoms with van der Waals surface area (Å²) in [6.45, 7) is 6.19. The van der Waals surface area contributed by atoms with Gasteiger partial charge in [0, 0.05) is 25.7 Å². The number of hydrogen-bond acceptors (Lipinski definition) is 4. The Hall–Kier alpha value is -1.32. The van der Waals surface area contributed by atoms with Gasteiger partial charge in [-0.2, -0.15) is 0 Å². The minimum atomic E-state index is -0.255. The third-order valence-electron chi connectivity index (χ3n) is 4.03. The van der Waals surface area contributed by atoms with Crippen molar-refractivity contribution in [3.8, 4) is 0 Å². The summed E-state index contributed by atoms with van der Waals surface area (Å²) in [5.74, 6) is 0.418. The summed E-state index contributed by atoms with van der Waals surface area (Å²) in [7, 11) is 0. The predicted molar refractivity (Wildman–Crippen MR) is 82.1 cm³/mol. The van der Waals surface area contributed by atoms with Gasteiger partial charge >= 0.3 is 0 Å². The van der Waals surface area contributed by atoms with Crippen LogP contribution in [0.1, 0.15) is 79.1 Å². The zero-order chi connectivity index (χ0) is 16.5. The molecule has 0 aromatic carbocycles. The highest BCUT2D eigenvalue weighted by Crippen LogP contribution is 2.40. The minimum Gasteiger partial charge on any atom is -0.300 e. The third kappa shape index (κ3) is 10.1. The normalized spacial score (nSPS) is 11.2. The summed E-state index contributed by atoms with van der Waals surface area (Å²) in [6.07, 6.45) is 4.35. The van der Waals surface area contributed by atoms with Gasteiger partial charge in [-0.25, -0.2) is 0 Å². The molecule has 0 aromatic rings. The fourth-order valence-electron chi connectivity index (χ4n) is 2.51. The first-order valence-corrected chi connectivity index (χ1v) is 7.64. The summed E-state index contributed by atoms with van der Waals surface area (Å²) in [5, 5.41) is 0. The van der Waals surface area contributed by atoms with Crippen LogP contribution in [0.4, 0.5) is 0 Å². The van der Waals surface area contributed by atoms with Gasteiger partial charge in [0.1, 0.15) is 23.1 Å². The first kappa shape index (κ1) is 19.7. The Morgan fingerprint density at radius 1 is 0.524 bits per heavy atom. The van der Waals surface area contributed by atoms with Gasteiger partial charge in [-0.05, 0) is 58.8 Å². The molecule has 0 saturated heterocycles. The lowest BCUT2D eigenvalue weighted by Crippen LogP contribution is -2.25. The highest BCUT2D eigenvalue weighted by Gasteiger charge is 2.30. The van der Waals surface area contributed by atoms with Gasteiger partial charge in [-0.1, -0.05) is 0 Å². The van der Waals surface area contributed by atoms with Gasteiger partial charge in [-0.15, -0.1) is 0 Å². The highest BCUT2D eigenvalue weighted by atomic mass is 16.1. The second-order valence-electron chi connectivity index (χ2n) is 6.31. The molecule has 0 heterocycles. The monoisotopic (exact) mass is 296 g/mol. The quantitative estimate of drug-likeness (QED) is 0.553. The molecule has 120 valence electrons. The van der Waals surface area contributed by atoms with Crippen molar-refractivity contribution in [3.63, 3.8) is 0 Å². The average molecular weight is 296 g/mol. The van der Waals surface area contributed by atoms with E-state index in [-0.39, 0.29) is 28.5 Å². The maximum Gasteiger partial charge on any atom is 0.129 e. The fourth-order valence-corrected chi connectivity index (χ4v) is 2.51. The van der Waals surface area contributed by atoms with Crippen LogP contribution in [0.25, 0.3) is 0 Å². The van der Waals surface area contributed by atoms with Crippen molar-refractivity contribution < 1.29 is 19.2 Å². The second-order valence-corrected chi connectivity index (χ2v) is 6.31. The molecule has 21 heavy (non-hydrogen) atoms. The Kier molecular flexibility index (Phi) is 8.98. The minimum absolute atomic E-state index is 0.104. The summed E-state index contributed by atoms with van der Waals surface area (Å²) in [5.41, 5.74) is -0.255. The standard InChI is InChI=1S/C17H28O4/c1-13(18)5-9-17(10-6-14(2)19,11-7-15(3)20)12-8-16(4)21/h5-12H2,1-4H3. The Morgan fingerprint density at radius 2 is 0.714 bits per heavy atom. The van der Waals surface area contributed by atoms with Crippen LogP contribution < -0.4 is 0 Å². The number of ketones is 4. The molecule has 0 rings (SSSR count). The van der Waals surface area contributed by atoms with E-state index >= 15 is 0 Å². The molecule has 0 radical (unpaired) electrons. The Bertz CT molecular complexity index is 318. The van der Waals surface area contributed by atoms with Crippen LogP contribution in [0.3, 0.4) is 0 Å². The molecular formula is C17H28O4. The number of Topliss-reactive ketones (excluding diaryl/α,β-unsaturated/α-hetero) is 4. The topological polar surface area (TPSA) is 68.3 Å². The van der Waals surface area contributed by atoms with Crippen molar-refractivity contribution in [2.45, 2.75) is 79.1 Å². The van der Waals surface area contributed by atoms with Gasteiger partial charge in [0.05, 0.1) is 0 Å². The van der Waals surface area contributed by atoms with Gasteiger partial charge in [0.15, 0.2) is 0 Å². The molecule has 0 atom stereocenters. The van der Waals surface area contributed by atoms with Gasteiger partial charge in [-0.3, -0.25) is 0 Å². The molecule has 0 aromatic heterocycles. The van der Waals surface area contributed by atoms with E-state index in [0.717, 1.165) is 0 Å². The molecule has 0 unspecified atom stereocenters. The zero-order valence-corrected chi connectivity index (χ0v) is 13.8. The van der Waals surface area contributed by atoms with E-state index < -0.39 is 0 Å². The SMILES string of the molecule is CC(=O)CCC(CCC(C)=O)(CCC(C)=O)CCC(C)=O. The van der Waals surface area contributed by atoms with Crippen LogP contribution in [0.15, 0.2) is 0 Å². The molecule has 0 aliphatic rings. The summed E-state index contributed by atoms with van der Waals surface area (Å²) in [6, 6.07) is 0. The molecule has 0 bridgehead atoms. The van der Waals surface area contributed by atoms with Crippen molar-refractivity contribution in [3.05, 3.63) is 0 Å². The van der Waals surface area contributed by atoms with Gasteiger partial charge in [0.25, 0.3) is 0 Å². The summed E-state index contributed by atoms with van der Waals surface area (Å²) < 4.78 is 0. The molecule has 0 amide bonds. The molecule has 4 nitrogen and oxygen atoms in total. The maximum absolute atomic E-state index is 11.3. The number of carbonyl (C=O) groups excluding carboxylic acids is 4. The van der Waals surface area contributed by atoms with Crippen LogP contribution in [-0.2, 0) is 19.2 Å². The number of hydrogen-bond donors (Lipinski definition) is 0. The summed E-state index contributed by atoms with van der Waals surface area (Å²) >= 11 is 0. The largest absolute Gasteiger partial charge is 0.300 e. The van der Waals surface area contributed by atoms with E-state index in [0.29, 0.717) is 51.4 Å². The first-order valence-electron chi connectivity index (χ1n) is 7.64. The van der Waals surface area contributed by atoms with Crippen LogP contribution in [0.5, 0.6) is 0 Å². The average Bonchev–Trinajstić information content (AvgIpc) is 2.36. The lowest BCUT2D eigenvalue weighted by molar-refractivity contribution is -0.118. The molecule has 0 aliphatic heterocycles. The fraction of sp³-hybridized carbons (Fsp3) is 0.765. The smallest absolute Gasteiger partial charge is 0.129 e. The molecule has 0 aliphatic carbocycles. The van der Waals surface area contributed by atoms with Gasteiger partial charge in [0.2, 0.25) is 0 Å². The van der Waals surface area contributed by atoms with Crippen molar-refractivity contribution in [1.82, 2.24) is 0 Å². The summed E-state index contributed by atoms with van der Waals surface area (Å²) in [4.78, 5) is 45.2. The van der Waals surface area contributed by atoms with Crippen molar-refractivity contribution in [1.29, 1.82) is 0 Å². The molecule has 0 fully saturated rings. The lowest BCUT2D eigenvalue weighted by atomic mass is 9.71. The molecule has 0 saturated carbocycles. The van der Waals surface area contributed by atoms with Crippen molar-refractivity contribution in [2.75, 3.05) is 0 Å². The Morgan fingerprint density at radius 3 is 0.857 bits per heavy atom. The predicted octanol–water partition coefficient (Wildman–Crippen LogP) is 3.45. The Balaban J connectivity index is 5.02. The lowest BCUT2D eigenvalue weighted by Gasteiger charge is -2.33. The molecule has 0 N–H and O–H groups in total. The second kappa shape index (κ2) is 9.59. The van der Waals surface area contributed by atoms with Crippen LogP contribution >= 0.6 is 0 Å². The number of carbonyl (C=O) groups is 4. The van der Waals surface area contributed by atoms with Crippen LogP contribution in [-0.4, -0.2) is 23.1 Å². The zero-order valence-electron chi connectivity index (χ0n) is 13.8. The number of rotatable bonds is 12. The Labute approximate surface area is 127 Å².